The molecule has 0 aliphatic carbocycles. The van der Waals surface area contributed by atoms with Gasteiger partial charge in [0.25, 0.3) is 0 Å². The van der Waals surface area contributed by atoms with Crippen molar-refractivity contribution in [3.63, 3.8) is 0 Å². The van der Waals surface area contributed by atoms with E-state index in [-0.39, 0.29) is 105 Å². The van der Waals surface area contributed by atoms with Gasteiger partial charge in [-0.15, -0.1) is 0 Å². The molecule has 0 radical (unpaired) electrons. The third-order valence-electron chi connectivity index (χ3n) is 23.7. The van der Waals surface area contributed by atoms with E-state index in [9.17, 15) is 23.3 Å². The summed E-state index contributed by atoms with van der Waals surface area (Å²) in [6.07, 6.45) is -16.7. The maximum atomic E-state index is 13.0. The second kappa shape index (κ2) is 43.9. The second-order valence-electron chi connectivity index (χ2n) is 33.4. The minimum atomic E-state index is -3.03. The molecule has 0 bridgehead atoms. The Balaban J connectivity index is 0.000000226. The number of carbonyl (C=O) groups is 4. The molecule has 0 spiro atoms. The number of hydrogen-bond acceptors (Lipinski definition) is 24. The van der Waals surface area contributed by atoms with Gasteiger partial charge in [0.2, 0.25) is 0 Å². The van der Waals surface area contributed by atoms with Crippen LogP contribution < -0.4 is 60.8 Å². The van der Waals surface area contributed by atoms with Crippen LogP contribution in [-0.4, -0.2) is 201 Å². The minimum absolute atomic E-state index is 0.0221. The fourth-order valence-electron chi connectivity index (χ4n) is 16.7. The van der Waals surface area contributed by atoms with Crippen LogP contribution in [0.1, 0.15) is 276 Å². The van der Waals surface area contributed by atoms with Crippen LogP contribution in [0, 0.1) is 70.9 Å². The number of rotatable bonds is 28. The lowest BCUT2D eigenvalue weighted by Crippen LogP contribution is -2.51. The zero-order valence-electron chi connectivity index (χ0n) is 106. The molecular formula is C96H152N8O16. The first-order chi connectivity index (χ1) is 69.6. The molecule has 4 fully saturated rings. The van der Waals surface area contributed by atoms with E-state index in [2.05, 4.69) is 0 Å². The molecule has 8 N–H and O–H groups in total. The molecule has 4 saturated heterocycles. The van der Waals surface area contributed by atoms with Crippen LogP contribution in [0.2, 0.25) is 0 Å². The summed E-state index contributed by atoms with van der Waals surface area (Å²) >= 11 is 0. The zero-order chi connectivity index (χ0) is 117. The van der Waals surface area contributed by atoms with E-state index in [4.69, 9.17) is 121 Å². The van der Waals surface area contributed by atoms with Gasteiger partial charge < -0.3 is 79.8 Å². The number of benzene rings is 4. The molecule has 8 aliphatic rings. The Hall–Kier alpha value is -7.16. The first-order valence-electron chi connectivity index (χ1n) is 57.8. The lowest BCUT2D eigenvalue weighted by molar-refractivity contribution is -0.161. The van der Waals surface area contributed by atoms with Crippen molar-refractivity contribution in [1.82, 2.24) is 19.6 Å². The summed E-state index contributed by atoms with van der Waals surface area (Å²) in [7, 11) is 3.48. The summed E-state index contributed by atoms with van der Waals surface area (Å²) in [6, 6.07) is 7.88. The van der Waals surface area contributed by atoms with Crippen molar-refractivity contribution in [1.29, 1.82) is 0 Å². The number of esters is 4. The van der Waals surface area contributed by atoms with Crippen LogP contribution in [0.25, 0.3) is 0 Å². The minimum Gasteiger partial charge on any atom is -0.493 e. The Bertz CT molecular complexity index is 5360. The van der Waals surface area contributed by atoms with E-state index < -0.39 is 205 Å². The Labute approximate surface area is 765 Å². The molecule has 672 valence electrons. The van der Waals surface area contributed by atoms with E-state index in [1.165, 1.54) is 28.4 Å². The summed E-state index contributed by atoms with van der Waals surface area (Å²) in [4.78, 5) is 59.7. The summed E-state index contributed by atoms with van der Waals surface area (Å²) in [6.45, 7) is 7.47. The number of hydrogen-bond donors (Lipinski definition) is 4. The Morgan fingerprint density at radius 1 is 0.358 bits per heavy atom. The van der Waals surface area contributed by atoms with Crippen LogP contribution in [0.15, 0.2) is 48.5 Å². The van der Waals surface area contributed by atoms with Crippen LogP contribution >= 0.6 is 0 Å². The van der Waals surface area contributed by atoms with Crippen molar-refractivity contribution in [2.24, 2.45) is 93.9 Å². The Morgan fingerprint density at radius 3 is 0.825 bits per heavy atom. The summed E-state index contributed by atoms with van der Waals surface area (Å²) in [5.74, 6) is -17.7. The van der Waals surface area contributed by atoms with E-state index >= 15 is 0 Å². The number of methoxy groups -OCH3 is 8. The normalized spacial score (nSPS) is 33.9. The highest BCUT2D eigenvalue weighted by Gasteiger charge is 2.47. The second-order valence-corrected chi connectivity index (χ2v) is 33.4. The van der Waals surface area contributed by atoms with Crippen molar-refractivity contribution in [3.8, 4) is 46.0 Å². The largest absolute Gasteiger partial charge is 0.493 e. The van der Waals surface area contributed by atoms with Crippen LogP contribution in [0.5, 0.6) is 46.0 Å². The highest BCUT2D eigenvalue weighted by atomic mass is 16.6. The molecule has 120 heavy (non-hydrogen) atoms. The highest BCUT2D eigenvalue weighted by Crippen LogP contribution is 2.50. The molecule has 4 aromatic rings. The number of piperidine rings is 4. The number of carbonyl (C=O) groups excluding carboxylic acids is 4. The Morgan fingerprint density at radius 2 is 0.583 bits per heavy atom. The van der Waals surface area contributed by atoms with Gasteiger partial charge in [0.15, 0.2) is 46.0 Å². The topological polar surface area (TPSA) is 296 Å². The average molecular weight is 1710 g/mol. The van der Waals surface area contributed by atoms with Gasteiger partial charge >= 0.3 is 23.9 Å². The number of fused-ring (bicyclic) bond motifs is 12. The van der Waals surface area contributed by atoms with Gasteiger partial charge in [0, 0.05) is 159 Å². The quantitative estimate of drug-likeness (QED) is 0.0303. The van der Waals surface area contributed by atoms with Gasteiger partial charge in [-0.25, -0.2) is 0 Å². The predicted octanol–water partition coefficient (Wildman–Crippen LogP) is 14.3. The average Bonchev–Trinajstić information content (AvgIpc) is 0.722. The SMILES string of the molecule is [2H]C([2H])([2H])Oc1cc2c(cc1OC)C1CC(OC(=O)[C@@H](N)C(C)C)C(C([2H])([2H])C([2H])(C)C([2H])([2H])[2H])CN1CC2.[2H]C([2H])([2H])Oc1cc2c(cc1OC)C1CC([2H])(OC(=O)[C@@H](N)C(C)C)C(C([2H])([2H])C([2H])(C)C([2H])([2H])[2H])CN1CC2.[2H]C1(OC(=O)[C@@H](N)C(C)C)CC2c3cc(OC)c(OC)cc3CCN2CC1C([2H])([2H])C([2H])(C)C([2H])([2H])[2H].[2H]C1(OC(=O)[C@@H](N)C(C)C)CC2c3cc(OC)c(OC)cc3CCN2CC1C([2H])([2H])C([2H])(C)C([2H])([2H])[2H]. The summed E-state index contributed by atoms with van der Waals surface area (Å²) in [5, 5.41) is 0. The first kappa shape index (κ1) is 59.6. The molecule has 4 aromatic carbocycles. The number of ether oxygens (including phenoxy) is 12. The third-order valence-corrected chi connectivity index (χ3v) is 23.7. The van der Waals surface area contributed by atoms with E-state index in [0.717, 1.165) is 66.6 Å². The molecule has 8 aliphatic heterocycles. The van der Waals surface area contributed by atoms with Gasteiger partial charge in [0.05, 0.1) is 69.1 Å². The van der Waals surface area contributed by atoms with E-state index in [1.54, 1.807) is 93.9 Å². The monoisotopic (exact) mass is 1710 g/mol. The number of nitrogens with two attached hydrogens (primary N) is 4. The number of nitrogens with zero attached hydrogens (tertiary/aromatic N) is 4. The molecule has 24 heteroatoms. The fraction of sp³-hybridized carbons (Fsp3) is 0.708. The maximum Gasteiger partial charge on any atom is 0.323 e. The van der Waals surface area contributed by atoms with Gasteiger partial charge in [-0.3, -0.25) is 38.8 Å². The summed E-state index contributed by atoms with van der Waals surface area (Å²) in [5.41, 5.74) is 30.6. The van der Waals surface area contributed by atoms with Crippen molar-refractivity contribution >= 4 is 23.9 Å². The molecule has 0 saturated carbocycles. The van der Waals surface area contributed by atoms with Gasteiger partial charge in [0.1, 0.15) is 48.5 Å². The van der Waals surface area contributed by atoms with Crippen molar-refractivity contribution in [3.05, 3.63) is 93.0 Å². The molecule has 24 nitrogen and oxygen atoms in total. The van der Waals surface area contributed by atoms with Crippen LogP contribution in [0.4, 0.5) is 0 Å². The molecule has 16 unspecified atom stereocenters. The first-order valence-corrected chi connectivity index (χ1v) is 41.3. The zero-order valence-corrected chi connectivity index (χ0v) is 72.9. The lowest BCUT2D eigenvalue weighted by Gasteiger charge is -2.47. The van der Waals surface area contributed by atoms with Gasteiger partial charge in [-0.05, 0) is 191 Å². The molecule has 12 rings (SSSR count). The lowest BCUT2D eigenvalue weighted by atomic mass is 9.79. The van der Waals surface area contributed by atoms with E-state index in [1.807, 2.05) is 43.9 Å². The molecule has 20 atom stereocenters. The highest BCUT2D eigenvalue weighted by molar-refractivity contribution is 5.77. The fourth-order valence-corrected chi connectivity index (χ4v) is 16.7. The molecule has 8 heterocycles. The standard InChI is InChI=1S/4C24H38N2O4/c4*1-14(2)9-17-13-26-8-7-16-10-21(28-5)22(29-6)11-18(16)19(26)12-20(17)30-24(27)23(25)15(3)4/h4*10-11,14-15,17,19-20,23H,7-9,12-13,25H2,1-6H3/t4*17?,19?,20?,23-/m0000/s1/i1D3,5D3,9D2,14D,20D;2*1D3,9D2,14D,20D;1D3,5D3,9D2,14D/t4*14?,17?,19?,20?,23-. The van der Waals surface area contributed by atoms with Crippen molar-refractivity contribution in [2.75, 3.05) is 109 Å². The van der Waals surface area contributed by atoms with Crippen molar-refractivity contribution < 1.29 is 121 Å². The van der Waals surface area contributed by atoms with Gasteiger partial charge in [-0.2, -0.15) is 0 Å². The molecule has 0 aromatic heterocycles. The summed E-state index contributed by atoms with van der Waals surface area (Å²) < 4.78 is 338. The van der Waals surface area contributed by atoms with Gasteiger partial charge in [-0.1, -0.05) is 110 Å². The molecule has 0 amide bonds. The smallest absolute Gasteiger partial charge is 0.323 e. The predicted molar refractivity (Wildman–Crippen MR) is 471 cm³/mol. The third kappa shape index (κ3) is 23.8. The van der Waals surface area contributed by atoms with E-state index in [0.29, 0.717) is 80.4 Å². The van der Waals surface area contributed by atoms with Crippen LogP contribution in [0.3, 0.4) is 0 Å². The van der Waals surface area contributed by atoms with Crippen molar-refractivity contribution in [2.45, 2.75) is 260 Å². The maximum absolute atomic E-state index is 13.0. The Kier molecular flexibility index (Phi) is 21.8. The molecular weight excluding hydrogens is 1520 g/mol. The van der Waals surface area contributed by atoms with Crippen LogP contribution in [-0.2, 0) is 63.8 Å².